The van der Waals surface area contributed by atoms with Crippen LogP contribution in [0.15, 0.2) is 46.3 Å². The lowest BCUT2D eigenvalue weighted by atomic mass is 10.1. The molecule has 0 aromatic heterocycles. The molecule has 1 saturated heterocycles. The van der Waals surface area contributed by atoms with Crippen LogP contribution in [-0.4, -0.2) is 36.7 Å². The number of thioether (sulfide) groups is 1. The Bertz CT molecular complexity index is 976. The number of amidine groups is 1. The van der Waals surface area contributed by atoms with Crippen molar-refractivity contribution in [2.24, 2.45) is 4.99 Å². The first-order chi connectivity index (χ1) is 13.4. The molecule has 5 nitrogen and oxygen atoms in total. The summed E-state index contributed by atoms with van der Waals surface area (Å²) in [6.07, 6.45) is 1.68. The number of methoxy groups -OCH3 is 1. The van der Waals surface area contributed by atoms with E-state index in [1.165, 1.54) is 11.0 Å². The van der Waals surface area contributed by atoms with E-state index in [2.05, 4.69) is 4.99 Å². The highest BCUT2D eigenvalue weighted by Gasteiger charge is 2.31. The van der Waals surface area contributed by atoms with E-state index in [1.54, 1.807) is 32.4 Å². The van der Waals surface area contributed by atoms with Gasteiger partial charge in [-0.1, -0.05) is 12.1 Å². The van der Waals surface area contributed by atoms with E-state index in [4.69, 9.17) is 9.47 Å². The van der Waals surface area contributed by atoms with Crippen LogP contribution in [0.2, 0.25) is 0 Å². The second kappa shape index (κ2) is 8.43. The fourth-order valence-corrected chi connectivity index (χ4v) is 3.54. The third kappa shape index (κ3) is 4.01. The molecule has 146 valence electrons. The van der Waals surface area contributed by atoms with E-state index in [-0.39, 0.29) is 11.6 Å². The molecule has 0 N–H and O–H groups in total. The number of rotatable bonds is 5. The van der Waals surface area contributed by atoms with Crippen LogP contribution in [0.4, 0.5) is 14.5 Å². The van der Waals surface area contributed by atoms with Crippen LogP contribution in [0, 0.1) is 11.6 Å². The lowest BCUT2D eigenvalue weighted by Crippen LogP contribution is -2.23. The summed E-state index contributed by atoms with van der Waals surface area (Å²) in [6.45, 7) is 2.29. The summed E-state index contributed by atoms with van der Waals surface area (Å²) in [7, 11) is 3.09. The van der Waals surface area contributed by atoms with Crippen molar-refractivity contribution in [1.82, 2.24) is 4.90 Å². The molecule has 0 atom stereocenters. The number of halogens is 2. The molecule has 8 heteroatoms. The molecule has 2 aromatic rings. The van der Waals surface area contributed by atoms with Crippen molar-refractivity contribution in [2.75, 3.05) is 20.8 Å². The predicted octanol–water partition coefficient (Wildman–Crippen LogP) is 4.61. The molecule has 1 aliphatic heterocycles. The molecule has 0 saturated carbocycles. The zero-order valence-electron chi connectivity index (χ0n) is 15.5. The van der Waals surface area contributed by atoms with Crippen LogP contribution in [0.1, 0.15) is 12.5 Å². The standard InChI is InChI=1S/C20H18F2N2O3S/c1-4-27-18-12(6-5-7-16(18)26-3)10-17-19(25)24(2)20(28-17)23-15-9-8-13(21)11-14(15)22/h5-11H,4H2,1-3H3/b17-10+,23-20?. The maximum Gasteiger partial charge on any atom is 0.266 e. The molecule has 1 amide bonds. The first-order valence-corrected chi connectivity index (χ1v) is 9.27. The highest BCUT2D eigenvalue weighted by Crippen LogP contribution is 2.38. The number of carbonyl (C=O) groups excluding carboxylic acids is 1. The van der Waals surface area contributed by atoms with E-state index in [1.807, 2.05) is 13.0 Å². The minimum atomic E-state index is -0.794. The van der Waals surface area contributed by atoms with E-state index in [0.29, 0.717) is 33.7 Å². The molecule has 0 bridgehead atoms. The van der Waals surface area contributed by atoms with E-state index in [0.717, 1.165) is 23.9 Å². The molecule has 0 spiro atoms. The zero-order valence-corrected chi connectivity index (χ0v) is 16.3. The number of nitrogens with zero attached hydrogens (tertiary/aromatic N) is 2. The number of hydrogen-bond donors (Lipinski definition) is 0. The number of aliphatic imine (C=N–C) groups is 1. The Morgan fingerprint density at radius 1 is 1.25 bits per heavy atom. The molecule has 1 fully saturated rings. The largest absolute Gasteiger partial charge is 0.493 e. The van der Waals surface area contributed by atoms with Gasteiger partial charge in [0.05, 0.1) is 18.6 Å². The fraction of sp³-hybridized carbons (Fsp3) is 0.200. The Balaban J connectivity index is 1.97. The summed E-state index contributed by atoms with van der Waals surface area (Å²) in [6, 6.07) is 8.47. The highest BCUT2D eigenvalue weighted by molar-refractivity contribution is 8.18. The van der Waals surface area contributed by atoms with Crippen LogP contribution in [0.3, 0.4) is 0 Å². The van der Waals surface area contributed by atoms with Gasteiger partial charge in [-0.05, 0) is 43.0 Å². The second-order valence-electron chi connectivity index (χ2n) is 5.78. The van der Waals surface area contributed by atoms with Gasteiger partial charge in [-0.15, -0.1) is 0 Å². The Hall–Kier alpha value is -2.87. The number of amides is 1. The lowest BCUT2D eigenvalue weighted by Gasteiger charge is -2.12. The molecule has 28 heavy (non-hydrogen) atoms. The first kappa shape index (κ1) is 19.9. The predicted molar refractivity (Wildman–Crippen MR) is 106 cm³/mol. The SMILES string of the molecule is CCOc1c(/C=C2/SC(=Nc3ccc(F)cc3F)N(C)C2=O)cccc1OC. The molecule has 1 aliphatic rings. The topological polar surface area (TPSA) is 51.1 Å². The van der Waals surface area contributed by atoms with E-state index < -0.39 is 11.6 Å². The van der Waals surface area contributed by atoms with Crippen molar-refractivity contribution >= 4 is 34.6 Å². The van der Waals surface area contributed by atoms with Crippen LogP contribution >= 0.6 is 11.8 Å². The zero-order chi connectivity index (χ0) is 20.3. The summed E-state index contributed by atoms with van der Waals surface area (Å²) in [5.74, 6) is -0.672. The monoisotopic (exact) mass is 404 g/mol. The molecule has 0 unspecified atom stereocenters. The molecular formula is C20H18F2N2O3S. The Kier molecular flexibility index (Phi) is 5.99. The smallest absolute Gasteiger partial charge is 0.266 e. The van der Waals surface area contributed by atoms with Crippen LogP contribution in [0.25, 0.3) is 6.08 Å². The number of hydrogen-bond acceptors (Lipinski definition) is 5. The summed E-state index contributed by atoms with van der Waals surface area (Å²) in [5.41, 5.74) is 0.640. The third-order valence-corrected chi connectivity index (χ3v) is 4.99. The van der Waals surface area contributed by atoms with E-state index >= 15 is 0 Å². The molecule has 1 heterocycles. The average molecular weight is 404 g/mol. The van der Waals surface area contributed by atoms with Gasteiger partial charge in [0.15, 0.2) is 22.5 Å². The summed E-state index contributed by atoms with van der Waals surface area (Å²) < 4.78 is 37.9. The van der Waals surface area contributed by atoms with Gasteiger partial charge in [0.25, 0.3) is 5.91 Å². The molecule has 0 radical (unpaired) electrons. The van der Waals surface area contributed by atoms with Crippen molar-refractivity contribution in [3.05, 3.63) is 58.5 Å². The van der Waals surface area contributed by atoms with Crippen molar-refractivity contribution in [3.8, 4) is 11.5 Å². The number of ether oxygens (including phenoxy) is 2. The van der Waals surface area contributed by atoms with Gasteiger partial charge in [-0.3, -0.25) is 9.69 Å². The maximum absolute atomic E-state index is 13.9. The lowest BCUT2D eigenvalue weighted by molar-refractivity contribution is -0.121. The van der Waals surface area contributed by atoms with Gasteiger partial charge in [0.2, 0.25) is 0 Å². The van der Waals surface area contributed by atoms with Gasteiger partial charge < -0.3 is 9.47 Å². The van der Waals surface area contributed by atoms with Gasteiger partial charge in [0.1, 0.15) is 11.5 Å². The van der Waals surface area contributed by atoms with Crippen LogP contribution < -0.4 is 9.47 Å². The normalized spacial score (nSPS) is 16.9. The Labute approximate surface area is 165 Å². The second-order valence-corrected chi connectivity index (χ2v) is 6.79. The van der Waals surface area contributed by atoms with Crippen molar-refractivity contribution in [3.63, 3.8) is 0 Å². The van der Waals surface area contributed by atoms with Crippen molar-refractivity contribution < 1.29 is 23.0 Å². The highest BCUT2D eigenvalue weighted by atomic mass is 32.2. The van der Waals surface area contributed by atoms with Crippen molar-refractivity contribution in [2.45, 2.75) is 6.92 Å². The quantitative estimate of drug-likeness (QED) is 0.683. The van der Waals surface area contributed by atoms with Gasteiger partial charge in [0, 0.05) is 18.7 Å². The van der Waals surface area contributed by atoms with Crippen molar-refractivity contribution in [1.29, 1.82) is 0 Å². The summed E-state index contributed by atoms with van der Waals surface area (Å²) in [5, 5.41) is 0.294. The molecule has 3 rings (SSSR count). The Morgan fingerprint density at radius 2 is 2.04 bits per heavy atom. The van der Waals surface area contributed by atoms with Gasteiger partial charge in [-0.25, -0.2) is 13.8 Å². The molecule has 0 aliphatic carbocycles. The minimum Gasteiger partial charge on any atom is -0.493 e. The summed E-state index contributed by atoms with van der Waals surface area (Å²) in [4.78, 5) is 18.5. The van der Waals surface area contributed by atoms with Gasteiger partial charge >= 0.3 is 0 Å². The number of carbonyl (C=O) groups is 1. The summed E-state index contributed by atoms with van der Waals surface area (Å²) >= 11 is 1.10. The number of likely N-dealkylation sites (N-methyl/N-ethyl adjacent to an activating group) is 1. The maximum atomic E-state index is 13.9. The van der Waals surface area contributed by atoms with Gasteiger partial charge in [-0.2, -0.15) is 0 Å². The Morgan fingerprint density at radius 3 is 2.71 bits per heavy atom. The third-order valence-electron chi connectivity index (χ3n) is 3.93. The number of benzene rings is 2. The van der Waals surface area contributed by atoms with Crippen LogP contribution in [0.5, 0.6) is 11.5 Å². The van der Waals surface area contributed by atoms with Crippen LogP contribution in [-0.2, 0) is 4.79 Å². The first-order valence-electron chi connectivity index (χ1n) is 8.45. The van der Waals surface area contributed by atoms with E-state index in [9.17, 15) is 13.6 Å². The fourth-order valence-electron chi connectivity index (χ4n) is 2.57. The minimum absolute atomic E-state index is 0.0406. The number of para-hydroxylation sites is 1. The molecular weight excluding hydrogens is 386 g/mol. The molecule has 2 aromatic carbocycles. The average Bonchev–Trinajstić information content (AvgIpc) is 2.93.